The summed E-state index contributed by atoms with van der Waals surface area (Å²) in [5.41, 5.74) is -0.150. The fourth-order valence-electron chi connectivity index (χ4n) is 2.85. The number of primary sulfonamides is 1. The fourth-order valence-corrected chi connectivity index (χ4v) is 3.61. The third kappa shape index (κ3) is 3.03. The van der Waals surface area contributed by atoms with Crippen molar-refractivity contribution < 1.29 is 18.3 Å². The van der Waals surface area contributed by atoms with Crippen LogP contribution in [0, 0.1) is 5.41 Å². The average molecular weight is 312 g/mol. The molecule has 7 heteroatoms. The Morgan fingerprint density at radius 3 is 2.38 bits per heavy atom. The first kappa shape index (κ1) is 15.8. The van der Waals surface area contributed by atoms with E-state index in [4.69, 9.17) is 5.14 Å². The Balaban J connectivity index is 2.26. The first-order valence-corrected chi connectivity index (χ1v) is 8.45. The van der Waals surface area contributed by atoms with Gasteiger partial charge in [0, 0.05) is 13.1 Å². The molecule has 0 amide bonds. The summed E-state index contributed by atoms with van der Waals surface area (Å²) in [6.07, 6.45) is 1.57. The molecular weight excluding hydrogens is 292 g/mol. The maximum absolute atomic E-state index is 11.6. The predicted octanol–water partition coefficient (Wildman–Crippen LogP) is 1.42. The zero-order valence-corrected chi connectivity index (χ0v) is 12.8. The van der Waals surface area contributed by atoms with Crippen LogP contribution in [0.4, 0.5) is 5.69 Å². The van der Waals surface area contributed by atoms with Crippen LogP contribution in [0.15, 0.2) is 29.2 Å². The van der Waals surface area contributed by atoms with Crippen molar-refractivity contribution in [3.05, 3.63) is 24.3 Å². The van der Waals surface area contributed by atoms with Crippen LogP contribution in [-0.2, 0) is 14.8 Å². The summed E-state index contributed by atoms with van der Waals surface area (Å²) in [5.74, 6) is -0.774. The summed E-state index contributed by atoms with van der Waals surface area (Å²) in [6.45, 7) is 2.89. The van der Waals surface area contributed by atoms with E-state index in [0.29, 0.717) is 38.0 Å². The number of rotatable bonds is 4. The number of carbonyl (C=O) groups is 1. The van der Waals surface area contributed by atoms with Gasteiger partial charge in [0.05, 0.1) is 11.1 Å². The molecule has 0 saturated carbocycles. The van der Waals surface area contributed by atoms with E-state index in [1.54, 1.807) is 18.2 Å². The van der Waals surface area contributed by atoms with Crippen LogP contribution in [0.5, 0.6) is 0 Å². The van der Waals surface area contributed by atoms with Crippen molar-refractivity contribution in [2.75, 3.05) is 18.0 Å². The van der Waals surface area contributed by atoms with Crippen LogP contribution in [0.25, 0.3) is 0 Å². The Bertz CT molecular complexity index is 634. The van der Waals surface area contributed by atoms with Gasteiger partial charge >= 0.3 is 5.97 Å². The number of aliphatic carboxylic acids is 1. The van der Waals surface area contributed by atoms with E-state index in [1.165, 1.54) is 6.07 Å². The number of nitrogens with two attached hydrogens (primary N) is 1. The van der Waals surface area contributed by atoms with Crippen LogP contribution < -0.4 is 10.0 Å². The lowest BCUT2D eigenvalue weighted by Gasteiger charge is -2.39. The maximum atomic E-state index is 11.6. The lowest BCUT2D eigenvalue weighted by Crippen LogP contribution is -2.44. The third-order valence-corrected chi connectivity index (χ3v) is 5.32. The monoisotopic (exact) mass is 312 g/mol. The first-order chi connectivity index (χ1) is 9.80. The lowest BCUT2D eigenvalue weighted by atomic mass is 9.76. The molecule has 0 atom stereocenters. The Morgan fingerprint density at radius 1 is 1.33 bits per heavy atom. The summed E-state index contributed by atoms with van der Waals surface area (Å²) in [7, 11) is -3.79. The van der Waals surface area contributed by atoms with E-state index < -0.39 is 21.4 Å². The molecule has 0 radical (unpaired) electrons. The van der Waals surface area contributed by atoms with Gasteiger partial charge in [0.25, 0.3) is 0 Å². The number of hydrogen-bond donors (Lipinski definition) is 2. The fraction of sp³-hybridized carbons (Fsp3) is 0.500. The molecule has 1 fully saturated rings. The number of benzene rings is 1. The van der Waals surface area contributed by atoms with E-state index in [9.17, 15) is 18.3 Å². The van der Waals surface area contributed by atoms with E-state index in [-0.39, 0.29) is 4.90 Å². The standard InChI is InChI=1S/C14H20N2O4S/c1-2-14(13(17)18)7-9-16(10-8-14)11-5-3-4-6-12(11)21(15,19)20/h3-6H,2,7-10H2,1H3,(H,17,18)(H2,15,19,20). The van der Waals surface area contributed by atoms with E-state index in [2.05, 4.69) is 0 Å². The number of sulfonamides is 1. The highest BCUT2D eigenvalue weighted by Gasteiger charge is 2.40. The van der Waals surface area contributed by atoms with Gasteiger partial charge in [-0.3, -0.25) is 4.79 Å². The number of para-hydroxylation sites is 1. The molecule has 3 N–H and O–H groups in total. The summed E-state index contributed by atoms with van der Waals surface area (Å²) in [5, 5.41) is 14.6. The predicted molar refractivity (Wildman–Crippen MR) is 79.6 cm³/mol. The van der Waals surface area contributed by atoms with Gasteiger partial charge in [-0.15, -0.1) is 0 Å². The molecule has 0 aromatic heterocycles. The van der Waals surface area contributed by atoms with Crippen molar-refractivity contribution in [2.45, 2.75) is 31.1 Å². The number of nitrogens with zero attached hydrogens (tertiary/aromatic N) is 1. The van der Waals surface area contributed by atoms with Crippen LogP contribution >= 0.6 is 0 Å². The van der Waals surface area contributed by atoms with Gasteiger partial charge in [0.1, 0.15) is 4.90 Å². The van der Waals surface area contributed by atoms with Crippen molar-refractivity contribution in [1.29, 1.82) is 0 Å². The van der Waals surface area contributed by atoms with Gasteiger partial charge < -0.3 is 10.0 Å². The van der Waals surface area contributed by atoms with Crippen molar-refractivity contribution in [3.63, 3.8) is 0 Å². The maximum Gasteiger partial charge on any atom is 0.309 e. The van der Waals surface area contributed by atoms with Crippen LogP contribution in [0.3, 0.4) is 0 Å². The van der Waals surface area contributed by atoms with Crippen molar-refractivity contribution in [3.8, 4) is 0 Å². The van der Waals surface area contributed by atoms with Crippen molar-refractivity contribution in [1.82, 2.24) is 0 Å². The molecule has 2 rings (SSSR count). The Labute approximate surface area is 124 Å². The van der Waals surface area contributed by atoms with Crippen molar-refractivity contribution >= 4 is 21.7 Å². The van der Waals surface area contributed by atoms with Crippen LogP contribution in [-0.4, -0.2) is 32.6 Å². The summed E-state index contributed by atoms with van der Waals surface area (Å²) >= 11 is 0. The molecular formula is C14H20N2O4S. The summed E-state index contributed by atoms with van der Waals surface area (Å²) in [4.78, 5) is 13.4. The topological polar surface area (TPSA) is 101 Å². The van der Waals surface area contributed by atoms with Gasteiger partial charge in [-0.25, -0.2) is 13.6 Å². The second kappa shape index (κ2) is 5.65. The zero-order chi connectivity index (χ0) is 15.7. The number of carboxylic acid groups (broad SMARTS) is 1. The first-order valence-electron chi connectivity index (χ1n) is 6.90. The average Bonchev–Trinajstić information content (AvgIpc) is 2.46. The second-order valence-corrected chi connectivity index (χ2v) is 6.97. The van der Waals surface area contributed by atoms with Crippen molar-refractivity contribution in [2.24, 2.45) is 10.6 Å². The minimum atomic E-state index is -3.79. The van der Waals surface area contributed by atoms with E-state index in [0.717, 1.165) is 0 Å². The molecule has 1 aliphatic rings. The minimum Gasteiger partial charge on any atom is -0.481 e. The van der Waals surface area contributed by atoms with Gasteiger partial charge in [-0.1, -0.05) is 19.1 Å². The molecule has 1 aromatic rings. The number of anilines is 1. The molecule has 1 aliphatic heterocycles. The summed E-state index contributed by atoms with van der Waals surface area (Å²) < 4.78 is 23.3. The highest BCUT2D eigenvalue weighted by atomic mass is 32.2. The highest BCUT2D eigenvalue weighted by Crippen LogP contribution is 2.37. The van der Waals surface area contributed by atoms with Crippen LogP contribution in [0.2, 0.25) is 0 Å². The van der Waals surface area contributed by atoms with Gasteiger partial charge in [-0.2, -0.15) is 0 Å². The second-order valence-electron chi connectivity index (χ2n) is 5.44. The molecule has 6 nitrogen and oxygen atoms in total. The summed E-state index contributed by atoms with van der Waals surface area (Å²) in [6, 6.07) is 6.56. The molecule has 0 aliphatic carbocycles. The van der Waals surface area contributed by atoms with Gasteiger partial charge in [0.2, 0.25) is 10.0 Å². The molecule has 0 bridgehead atoms. The molecule has 116 valence electrons. The highest BCUT2D eigenvalue weighted by molar-refractivity contribution is 7.89. The van der Waals surface area contributed by atoms with Gasteiger partial charge in [-0.05, 0) is 31.4 Å². The smallest absolute Gasteiger partial charge is 0.309 e. The normalized spacial score (nSPS) is 18.5. The molecule has 1 saturated heterocycles. The Morgan fingerprint density at radius 2 is 1.90 bits per heavy atom. The SMILES string of the molecule is CCC1(C(=O)O)CCN(c2ccccc2S(N)(=O)=O)CC1. The third-order valence-electron chi connectivity index (χ3n) is 4.36. The largest absolute Gasteiger partial charge is 0.481 e. The van der Waals surface area contributed by atoms with E-state index >= 15 is 0 Å². The molecule has 0 unspecified atom stereocenters. The quantitative estimate of drug-likeness (QED) is 0.875. The van der Waals surface area contributed by atoms with Gasteiger partial charge in [0.15, 0.2) is 0 Å². The molecule has 1 aromatic carbocycles. The number of piperidine rings is 1. The van der Waals surface area contributed by atoms with E-state index in [1.807, 2.05) is 11.8 Å². The zero-order valence-electron chi connectivity index (χ0n) is 11.9. The number of carboxylic acids is 1. The lowest BCUT2D eigenvalue weighted by molar-refractivity contribution is -0.150. The Hall–Kier alpha value is -1.60. The Kier molecular flexibility index (Phi) is 4.25. The molecule has 1 heterocycles. The molecule has 0 spiro atoms. The van der Waals surface area contributed by atoms with Crippen LogP contribution in [0.1, 0.15) is 26.2 Å². The minimum absolute atomic E-state index is 0.0873. The molecule has 21 heavy (non-hydrogen) atoms. The number of hydrogen-bond acceptors (Lipinski definition) is 4.